The molecule has 0 atom stereocenters. The predicted molar refractivity (Wildman–Crippen MR) is 77.5 cm³/mol. The van der Waals surface area contributed by atoms with E-state index in [9.17, 15) is 19.3 Å². The zero-order valence-electron chi connectivity index (χ0n) is 10.3. The highest BCUT2D eigenvalue weighted by Gasteiger charge is 2.18. The minimum atomic E-state index is -0.878. The summed E-state index contributed by atoms with van der Waals surface area (Å²) >= 11 is 11.6. The van der Waals surface area contributed by atoms with E-state index in [1.165, 1.54) is 18.2 Å². The number of halogens is 3. The van der Waals surface area contributed by atoms with E-state index in [0.29, 0.717) is 5.02 Å². The Balaban J connectivity index is 2.34. The average molecular weight is 329 g/mol. The lowest BCUT2D eigenvalue weighted by Gasteiger charge is -2.08. The van der Waals surface area contributed by atoms with Crippen molar-refractivity contribution in [3.63, 3.8) is 0 Å². The van der Waals surface area contributed by atoms with E-state index in [0.717, 1.165) is 18.2 Å². The lowest BCUT2D eigenvalue weighted by Crippen LogP contribution is -2.14. The summed E-state index contributed by atoms with van der Waals surface area (Å²) in [5, 5.41) is 13.5. The molecule has 0 heterocycles. The predicted octanol–water partition coefficient (Wildman–Crippen LogP) is 4.29. The minimum Gasteiger partial charge on any atom is -0.320 e. The first-order chi connectivity index (χ1) is 9.88. The highest BCUT2D eigenvalue weighted by atomic mass is 35.5. The van der Waals surface area contributed by atoms with Crippen molar-refractivity contribution in [2.75, 3.05) is 5.32 Å². The van der Waals surface area contributed by atoms with Gasteiger partial charge in [-0.15, -0.1) is 0 Å². The second-order valence-corrected chi connectivity index (χ2v) is 4.84. The minimum absolute atomic E-state index is 0.181. The molecule has 1 N–H and O–H groups in total. The van der Waals surface area contributed by atoms with Crippen molar-refractivity contribution in [3.05, 3.63) is 67.9 Å². The molecule has 0 bridgehead atoms. The molecule has 1 amide bonds. The number of hydrogen-bond acceptors (Lipinski definition) is 3. The first-order valence-electron chi connectivity index (χ1n) is 5.59. The van der Waals surface area contributed by atoms with E-state index >= 15 is 0 Å². The van der Waals surface area contributed by atoms with Gasteiger partial charge in [0.2, 0.25) is 0 Å². The van der Waals surface area contributed by atoms with Crippen LogP contribution in [0.3, 0.4) is 0 Å². The van der Waals surface area contributed by atoms with Crippen LogP contribution in [0.1, 0.15) is 10.4 Å². The number of carbonyl (C=O) groups excluding carboxylic acids is 1. The summed E-state index contributed by atoms with van der Waals surface area (Å²) < 4.78 is 13.6. The fourth-order valence-electron chi connectivity index (χ4n) is 1.58. The van der Waals surface area contributed by atoms with Gasteiger partial charge < -0.3 is 5.32 Å². The summed E-state index contributed by atoms with van der Waals surface area (Å²) in [6, 6.07) is 7.04. The number of non-ortho nitro benzene ring substituents is 1. The van der Waals surface area contributed by atoms with Crippen molar-refractivity contribution in [3.8, 4) is 0 Å². The van der Waals surface area contributed by atoms with E-state index in [-0.39, 0.29) is 10.7 Å². The number of nitrogens with one attached hydrogen (secondary N) is 1. The van der Waals surface area contributed by atoms with Crippen molar-refractivity contribution in [2.45, 2.75) is 0 Å². The second kappa shape index (κ2) is 6.07. The van der Waals surface area contributed by atoms with Gasteiger partial charge in [-0.25, -0.2) is 4.39 Å². The molecule has 2 aromatic carbocycles. The number of hydrogen-bond donors (Lipinski definition) is 1. The van der Waals surface area contributed by atoms with Crippen LogP contribution in [0.15, 0.2) is 36.4 Å². The van der Waals surface area contributed by atoms with E-state index in [2.05, 4.69) is 5.32 Å². The number of benzene rings is 2. The molecule has 8 heteroatoms. The molecular weight excluding hydrogens is 322 g/mol. The van der Waals surface area contributed by atoms with Crippen LogP contribution >= 0.6 is 23.2 Å². The van der Waals surface area contributed by atoms with Crippen LogP contribution in [0.25, 0.3) is 0 Å². The molecule has 2 aromatic rings. The third-order valence-corrected chi connectivity index (χ3v) is 3.15. The molecule has 0 saturated heterocycles. The van der Waals surface area contributed by atoms with Gasteiger partial charge in [-0.2, -0.15) is 0 Å². The topological polar surface area (TPSA) is 72.2 Å². The highest BCUT2D eigenvalue weighted by Crippen LogP contribution is 2.26. The number of carbonyl (C=O) groups is 1. The third kappa shape index (κ3) is 3.48. The molecule has 0 radical (unpaired) electrons. The maximum atomic E-state index is 13.6. The van der Waals surface area contributed by atoms with Gasteiger partial charge in [0.1, 0.15) is 5.82 Å². The largest absolute Gasteiger partial charge is 0.320 e. The third-order valence-electron chi connectivity index (χ3n) is 2.58. The molecule has 0 unspecified atom stereocenters. The molecule has 2 rings (SSSR count). The van der Waals surface area contributed by atoms with E-state index in [1.54, 1.807) is 0 Å². The number of rotatable bonds is 3. The fourth-order valence-corrected chi connectivity index (χ4v) is 1.92. The molecule has 108 valence electrons. The van der Waals surface area contributed by atoms with Gasteiger partial charge in [0.15, 0.2) is 0 Å². The molecule has 0 saturated carbocycles. The summed E-state index contributed by atoms with van der Waals surface area (Å²) in [6.07, 6.45) is 0. The molecule has 0 aliphatic carbocycles. The number of amides is 1. The van der Waals surface area contributed by atoms with Crippen molar-refractivity contribution >= 4 is 40.5 Å². The van der Waals surface area contributed by atoms with Crippen LogP contribution in [-0.2, 0) is 0 Å². The normalized spacial score (nSPS) is 10.2. The molecule has 0 aromatic heterocycles. The van der Waals surface area contributed by atoms with Gasteiger partial charge in [0, 0.05) is 17.2 Å². The maximum absolute atomic E-state index is 13.6. The lowest BCUT2D eigenvalue weighted by molar-refractivity contribution is -0.384. The Morgan fingerprint density at radius 1 is 1.19 bits per heavy atom. The standard InChI is InChI=1S/C13H7Cl2FN2O3/c14-7-1-3-10(15)12(5-7)17-13(19)9-6-8(18(20)21)2-4-11(9)16/h1-6H,(H,17,19). The van der Waals surface area contributed by atoms with Crippen LogP contribution in [0.2, 0.25) is 10.0 Å². The van der Waals surface area contributed by atoms with Gasteiger partial charge in [-0.3, -0.25) is 14.9 Å². The summed E-state index contributed by atoms with van der Waals surface area (Å²) in [4.78, 5) is 21.9. The van der Waals surface area contributed by atoms with Crippen molar-refractivity contribution < 1.29 is 14.1 Å². The van der Waals surface area contributed by atoms with Crippen LogP contribution in [0.5, 0.6) is 0 Å². The molecule has 0 spiro atoms. The zero-order valence-corrected chi connectivity index (χ0v) is 11.8. The van der Waals surface area contributed by atoms with Crippen molar-refractivity contribution in [1.29, 1.82) is 0 Å². The second-order valence-electron chi connectivity index (χ2n) is 4.00. The Labute approximate surface area is 128 Å². The number of nitrogens with zero attached hydrogens (tertiary/aromatic N) is 1. The smallest absolute Gasteiger partial charge is 0.270 e. The van der Waals surface area contributed by atoms with Crippen molar-refractivity contribution in [1.82, 2.24) is 0 Å². The SMILES string of the molecule is O=C(Nc1cc(Cl)ccc1Cl)c1cc([N+](=O)[O-])ccc1F. The van der Waals surface area contributed by atoms with Crippen molar-refractivity contribution in [2.24, 2.45) is 0 Å². The first kappa shape index (κ1) is 15.2. The van der Waals surface area contributed by atoms with Crippen LogP contribution in [-0.4, -0.2) is 10.8 Å². The lowest BCUT2D eigenvalue weighted by atomic mass is 10.1. The highest BCUT2D eigenvalue weighted by molar-refractivity contribution is 6.35. The van der Waals surface area contributed by atoms with Gasteiger partial charge in [-0.05, 0) is 24.3 Å². The number of anilines is 1. The molecule has 0 aliphatic heterocycles. The average Bonchev–Trinajstić information content (AvgIpc) is 2.43. The van der Waals surface area contributed by atoms with Gasteiger partial charge in [-0.1, -0.05) is 23.2 Å². The van der Waals surface area contributed by atoms with E-state index in [1.807, 2.05) is 0 Å². The van der Waals surface area contributed by atoms with Crippen LogP contribution in [0, 0.1) is 15.9 Å². The first-order valence-corrected chi connectivity index (χ1v) is 6.34. The monoisotopic (exact) mass is 328 g/mol. The van der Waals surface area contributed by atoms with E-state index < -0.39 is 27.9 Å². The molecular formula is C13H7Cl2FN2O3. The quantitative estimate of drug-likeness (QED) is 0.674. The Bertz CT molecular complexity index is 737. The van der Waals surface area contributed by atoms with Crippen LogP contribution in [0.4, 0.5) is 15.8 Å². The van der Waals surface area contributed by atoms with Gasteiger partial charge >= 0.3 is 0 Å². The van der Waals surface area contributed by atoms with Crippen LogP contribution < -0.4 is 5.32 Å². The maximum Gasteiger partial charge on any atom is 0.270 e. The Kier molecular flexibility index (Phi) is 4.40. The summed E-state index contributed by atoms with van der Waals surface area (Å²) in [5.74, 6) is -1.74. The summed E-state index contributed by atoms with van der Waals surface area (Å²) in [5.41, 5.74) is -0.668. The molecule has 21 heavy (non-hydrogen) atoms. The van der Waals surface area contributed by atoms with Gasteiger partial charge in [0.25, 0.3) is 11.6 Å². The summed E-state index contributed by atoms with van der Waals surface area (Å²) in [7, 11) is 0. The van der Waals surface area contributed by atoms with E-state index in [4.69, 9.17) is 23.2 Å². The zero-order chi connectivity index (χ0) is 15.6. The Morgan fingerprint density at radius 2 is 1.90 bits per heavy atom. The molecule has 0 fully saturated rings. The van der Waals surface area contributed by atoms with Gasteiger partial charge in [0.05, 0.1) is 21.2 Å². The Morgan fingerprint density at radius 3 is 2.57 bits per heavy atom. The number of nitro benzene ring substituents is 1. The molecule has 0 aliphatic rings. The molecule has 5 nitrogen and oxygen atoms in total. The Hall–Kier alpha value is -2.18. The fraction of sp³-hybridized carbons (Fsp3) is 0. The summed E-state index contributed by atoms with van der Waals surface area (Å²) in [6.45, 7) is 0. The number of nitro groups is 1.